The van der Waals surface area contributed by atoms with Crippen molar-refractivity contribution in [2.24, 2.45) is 0 Å². The van der Waals surface area contributed by atoms with Crippen LogP contribution >= 0.6 is 11.6 Å². The number of halogens is 1. The summed E-state index contributed by atoms with van der Waals surface area (Å²) in [6, 6.07) is 4.72. The van der Waals surface area contributed by atoms with Crippen LogP contribution in [0, 0.1) is 0 Å². The number of nitrogens with two attached hydrogens (primary N) is 1. The Morgan fingerprint density at radius 2 is 2.22 bits per heavy atom. The molecule has 1 aromatic carbocycles. The standard InChI is InChI=1S/C12H17ClN2O3/c1-18-7-5-15(4-6-16)12(17)9-2-3-10(13)11(14)8-9/h2-3,8,16H,4-7,14H2,1H3. The van der Waals surface area contributed by atoms with Crippen LogP contribution in [0.2, 0.25) is 5.02 Å². The molecule has 0 aliphatic heterocycles. The number of amides is 1. The molecule has 0 unspecified atom stereocenters. The van der Waals surface area contributed by atoms with E-state index in [1.807, 2.05) is 0 Å². The van der Waals surface area contributed by atoms with Crippen LogP contribution in [0.5, 0.6) is 0 Å². The lowest BCUT2D eigenvalue weighted by atomic mass is 10.1. The Labute approximate surface area is 111 Å². The van der Waals surface area contributed by atoms with Gasteiger partial charge in [0.05, 0.1) is 23.9 Å². The van der Waals surface area contributed by atoms with Crippen molar-refractivity contribution in [1.82, 2.24) is 4.90 Å². The van der Waals surface area contributed by atoms with Gasteiger partial charge in [0.25, 0.3) is 5.91 Å². The van der Waals surface area contributed by atoms with Crippen molar-refractivity contribution >= 4 is 23.2 Å². The number of nitrogen functional groups attached to an aromatic ring is 1. The first-order valence-corrected chi connectivity index (χ1v) is 5.92. The van der Waals surface area contributed by atoms with E-state index in [0.29, 0.717) is 29.4 Å². The summed E-state index contributed by atoms with van der Waals surface area (Å²) in [6.45, 7) is 0.983. The lowest BCUT2D eigenvalue weighted by Gasteiger charge is -2.21. The summed E-state index contributed by atoms with van der Waals surface area (Å²) in [5, 5.41) is 9.36. The molecule has 0 radical (unpaired) electrons. The first kappa shape index (κ1) is 14.8. The minimum Gasteiger partial charge on any atom is -0.398 e. The largest absolute Gasteiger partial charge is 0.398 e. The van der Waals surface area contributed by atoms with Crippen LogP contribution < -0.4 is 5.73 Å². The molecule has 1 rings (SSSR count). The summed E-state index contributed by atoms with van der Waals surface area (Å²) in [4.78, 5) is 13.7. The van der Waals surface area contributed by atoms with Gasteiger partial charge in [-0.25, -0.2) is 0 Å². The smallest absolute Gasteiger partial charge is 0.254 e. The van der Waals surface area contributed by atoms with E-state index in [2.05, 4.69) is 0 Å². The van der Waals surface area contributed by atoms with Crippen molar-refractivity contribution in [3.63, 3.8) is 0 Å². The van der Waals surface area contributed by atoms with Crippen LogP contribution in [-0.4, -0.2) is 49.3 Å². The number of aliphatic hydroxyl groups is 1. The summed E-state index contributed by atoms with van der Waals surface area (Å²) in [5.41, 5.74) is 6.46. The summed E-state index contributed by atoms with van der Waals surface area (Å²) in [6.07, 6.45) is 0. The second-order valence-electron chi connectivity index (χ2n) is 3.74. The maximum absolute atomic E-state index is 12.2. The molecule has 0 saturated carbocycles. The fourth-order valence-electron chi connectivity index (χ4n) is 1.50. The van der Waals surface area contributed by atoms with Crippen molar-refractivity contribution in [3.8, 4) is 0 Å². The Morgan fingerprint density at radius 3 is 2.78 bits per heavy atom. The molecule has 5 nitrogen and oxygen atoms in total. The molecule has 1 aromatic rings. The molecular weight excluding hydrogens is 256 g/mol. The molecular formula is C12H17ClN2O3. The molecule has 0 aromatic heterocycles. The number of aliphatic hydroxyl groups excluding tert-OH is 1. The number of carbonyl (C=O) groups excluding carboxylic acids is 1. The van der Waals surface area contributed by atoms with E-state index in [-0.39, 0.29) is 19.1 Å². The highest BCUT2D eigenvalue weighted by Crippen LogP contribution is 2.20. The number of ether oxygens (including phenoxy) is 1. The molecule has 0 bridgehead atoms. The van der Waals surface area contributed by atoms with Crippen LogP contribution in [0.4, 0.5) is 5.69 Å². The molecule has 0 fully saturated rings. The Hall–Kier alpha value is -1.30. The van der Waals surface area contributed by atoms with Crippen LogP contribution in [-0.2, 0) is 4.74 Å². The molecule has 18 heavy (non-hydrogen) atoms. The molecule has 0 aliphatic rings. The van der Waals surface area contributed by atoms with Crippen LogP contribution in [0.1, 0.15) is 10.4 Å². The second kappa shape index (κ2) is 7.20. The van der Waals surface area contributed by atoms with Crippen LogP contribution in [0.3, 0.4) is 0 Å². The molecule has 1 amide bonds. The van der Waals surface area contributed by atoms with Gasteiger partial charge >= 0.3 is 0 Å². The number of benzene rings is 1. The van der Waals surface area contributed by atoms with Gasteiger partial charge in [-0.3, -0.25) is 4.79 Å². The number of methoxy groups -OCH3 is 1. The van der Waals surface area contributed by atoms with E-state index in [0.717, 1.165) is 0 Å². The zero-order valence-electron chi connectivity index (χ0n) is 10.2. The third-order valence-corrected chi connectivity index (χ3v) is 2.81. The van der Waals surface area contributed by atoms with Crippen molar-refractivity contribution in [1.29, 1.82) is 0 Å². The van der Waals surface area contributed by atoms with Gasteiger partial charge in [0.2, 0.25) is 0 Å². The second-order valence-corrected chi connectivity index (χ2v) is 4.15. The maximum atomic E-state index is 12.2. The summed E-state index contributed by atoms with van der Waals surface area (Å²) >= 11 is 5.80. The SMILES string of the molecule is COCCN(CCO)C(=O)c1ccc(Cl)c(N)c1. The summed E-state index contributed by atoms with van der Waals surface area (Å²) in [7, 11) is 1.56. The Bertz CT molecular complexity index is 412. The lowest BCUT2D eigenvalue weighted by molar-refractivity contribution is 0.0656. The van der Waals surface area contributed by atoms with E-state index >= 15 is 0 Å². The zero-order valence-corrected chi connectivity index (χ0v) is 11.0. The zero-order chi connectivity index (χ0) is 13.5. The number of nitrogens with zero attached hydrogens (tertiary/aromatic N) is 1. The van der Waals surface area contributed by atoms with Crippen molar-refractivity contribution in [3.05, 3.63) is 28.8 Å². The molecule has 0 saturated heterocycles. The highest BCUT2D eigenvalue weighted by atomic mass is 35.5. The van der Waals surface area contributed by atoms with Gasteiger partial charge in [0.1, 0.15) is 0 Å². The number of rotatable bonds is 6. The van der Waals surface area contributed by atoms with Crippen molar-refractivity contribution in [2.75, 3.05) is 39.1 Å². The van der Waals surface area contributed by atoms with Crippen molar-refractivity contribution < 1.29 is 14.6 Å². The quantitative estimate of drug-likeness (QED) is 0.758. The Kier molecular flexibility index (Phi) is 5.91. The van der Waals surface area contributed by atoms with Crippen LogP contribution in [0.25, 0.3) is 0 Å². The first-order valence-electron chi connectivity index (χ1n) is 5.54. The Morgan fingerprint density at radius 1 is 1.50 bits per heavy atom. The topological polar surface area (TPSA) is 75.8 Å². The van der Waals surface area contributed by atoms with Crippen molar-refractivity contribution in [2.45, 2.75) is 0 Å². The maximum Gasteiger partial charge on any atom is 0.254 e. The van der Waals surface area contributed by atoms with Gasteiger partial charge in [0.15, 0.2) is 0 Å². The predicted octanol–water partition coefficient (Wildman–Crippen LogP) is 1.00. The number of hydrogen-bond donors (Lipinski definition) is 2. The first-order chi connectivity index (χ1) is 8.60. The predicted molar refractivity (Wildman–Crippen MR) is 70.7 cm³/mol. The third kappa shape index (κ3) is 3.87. The minimum atomic E-state index is -0.204. The summed E-state index contributed by atoms with van der Waals surface area (Å²) in [5.74, 6) is -0.204. The highest BCUT2D eigenvalue weighted by molar-refractivity contribution is 6.33. The third-order valence-electron chi connectivity index (χ3n) is 2.47. The number of anilines is 1. The van der Waals surface area contributed by atoms with Gasteiger partial charge in [-0.1, -0.05) is 11.6 Å². The Balaban J connectivity index is 2.83. The molecule has 0 aliphatic carbocycles. The molecule has 6 heteroatoms. The van der Waals surface area contributed by atoms with E-state index in [4.69, 9.17) is 27.2 Å². The molecule has 3 N–H and O–H groups in total. The molecule has 100 valence electrons. The average Bonchev–Trinajstić information content (AvgIpc) is 2.37. The van der Waals surface area contributed by atoms with E-state index in [9.17, 15) is 4.79 Å². The monoisotopic (exact) mass is 272 g/mol. The number of hydrogen-bond acceptors (Lipinski definition) is 4. The minimum absolute atomic E-state index is 0.0987. The fourth-order valence-corrected chi connectivity index (χ4v) is 1.61. The number of carbonyl (C=O) groups is 1. The van der Waals surface area contributed by atoms with Gasteiger partial charge in [-0.05, 0) is 18.2 Å². The lowest BCUT2D eigenvalue weighted by Crippen LogP contribution is -2.36. The van der Waals surface area contributed by atoms with Crippen LogP contribution in [0.15, 0.2) is 18.2 Å². The van der Waals surface area contributed by atoms with E-state index in [1.54, 1.807) is 19.2 Å². The molecule has 0 spiro atoms. The van der Waals surface area contributed by atoms with Gasteiger partial charge in [0, 0.05) is 25.8 Å². The average molecular weight is 273 g/mol. The molecule has 0 atom stereocenters. The van der Waals surface area contributed by atoms with Gasteiger partial charge in [-0.15, -0.1) is 0 Å². The van der Waals surface area contributed by atoms with E-state index in [1.165, 1.54) is 11.0 Å². The van der Waals surface area contributed by atoms with E-state index < -0.39 is 0 Å². The fraction of sp³-hybridized carbons (Fsp3) is 0.417. The summed E-state index contributed by atoms with van der Waals surface area (Å²) < 4.78 is 4.93. The highest BCUT2D eigenvalue weighted by Gasteiger charge is 2.15. The molecule has 0 heterocycles. The van der Waals surface area contributed by atoms with Gasteiger partial charge < -0.3 is 20.5 Å². The van der Waals surface area contributed by atoms with Gasteiger partial charge in [-0.2, -0.15) is 0 Å². The normalized spacial score (nSPS) is 10.4.